The molecule has 5 aliphatic rings. The predicted octanol–water partition coefficient (Wildman–Crippen LogP) is 10.4. The minimum absolute atomic E-state index is 0.0665. The van der Waals surface area contributed by atoms with Gasteiger partial charge in [0.2, 0.25) is 0 Å². The van der Waals surface area contributed by atoms with E-state index in [0.29, 0.717) is 32.2 Å². The Kier molecular flexibility index (Phi) is 37.3. The molecule has 0 aromatic heterocycles. The molecule has 10 unspecified atom stereocenters. The van der Waals surface area contributed by atoms with E-state index in [9.17, 15) is 57.4 Å². The molecule has 2 aromatic rings. The second-order valence-corrected chi connectivity index (χ2v) is 31.3. The Balaban J connectivity index is 0.000000343. The van der Waals surface area contributed by atoms with Crippen LogP contribution in [0.4, 0.5) is 37.5 Å². The molecule has 0 spiro atoms. The summed E-state index contributed by atoms with van der Waals surface area (Å²) in [4.78, 5) is 112. The lowest BCUT2D eigenvalue weighted by molar-refractivity contribution is -0.149. The number of nitrogens with zero attached hydrogens (tertiary/aromatic N) is 9. The fourth-order valence-electron chi connectivity index (χ4n) is 12.0. The SMILES string of the molecule is CN1CCC(N(C)C(=O)OC(C)(C)C)CC(F)C1.CN1CCC(N(C)C(=O)OC(C)(C)C)CC1CF.CN1CCC(N(C)C(=O)OC(C)(C)C)CC1CO.COC(=O)C1CC(N(C)C(=O)OC(C)(C)C)CCN1C(=O)OCc1ccccc1.COC(=O)C1CC(O)CCN1C(=O)OCc1ccccc1. The van der Waals surface area contributed by atoms with E-state index in [1.165, 1.54) is 33.8 Å². The van der Waals surface area contributed by atoms with E-state index < -0.39 is 77.0 Å². The van der Waals surface area contributed by atoms with Crippen LogP contribution in [0.3, 0.4) is 0 Å². The van der Waals surface area contributed by atoms with E-state index in [2.05, 4.69) is 9.64 Å². The Morgan fingerprint density at radius 3 is 1.16 bits per heavy atom. The highest BCUT2D eigenvalue weighted by Crippen LogP contribution is 2.28. The maximum atomic E-state index is 13.7. The number of piperidine rings is 4. The van der Waals surface area contributed by atoms with Gasteiger partial charge >= 0.3 is 48.5 Å². The second-order valence-electron chi connectivity index (χ2n) is 31.3. The summed E-state index contributed by atoms with van der Waals surface area (Å²) in [5, 5.41) is 19.0. The predicted molar refractivity (Wildman–Crippen MR) is 390 cm³/mol. The maximum absolute atomic E-state index is 13.7. The van der Waals surface area contributed by atoms with Gasteiger partial charge in [-0.25, -0.2) is 47.1 Å². The van der Waals surface area contributed by atoms with Gasteiger partial charge in [-0.05, 0) is 173 Å². The molecular weight excluding hydrogens is 1350 g/mol. The minimum Gasteiger partial charge on any atom is -0.467 e. The highest BCUT2D eigenvalue weighted by molar-refractivity contribution is 5.82. The van der Waals surface area contributed by atoms with Gasteiger partial charge in [-0.3, -0.25) is 9.80 Å². The Bertz CT molecular complexity index is 2900. The zero-order valence-electron chi connectivity index (χ0n) is 65.9. The molecule has 7 rings (SSSR count). The third kappa shape index (κ3) is 32.6. The van der Waals surface area contributed by atoms with Crippen molar-refractivity contribution in [3.8, 4) is 0 Å². The number of likely N-dealkylation sites (tertiary alicyclic amines) is 5. The van der Waals surface area contributed by atoms with Crippen LogP contribution < -0.4 is 0 Å². The van der Waals surface area contributed by atoms with Crippen molar-refractivity contribution in [3.63, 3.8) is 0 Å². The van der Waals surface area contributed by atoms with Gasteiger partial charge in [0.15, 0.2) is 0 Å². The van der Waals surface area contributed by atoms with Crippen molar-refractivity contribution in [2.45, 2.75) is 244 Å². The van der Waals surface area contributed by atoms with Gasteiger partial charge in [-0.1, -0.05) is 60.7 Å². The lowest BCUT2D eigenvalue weighted by Gasteiger charge is -2.40. The van der Waals surface area contributed by atoms with Crippen molar-refractivity contribution in [2.75, 3.05) is 116 Å². The average molecular weight is 1480 g/mol. The third-order valence-corrected chi connectivity index (χ3v) is 18.1. The quantitative estimate of drug-likeness (QED) is 0.148. The van der Waals surface area contributed by atoms with Crippen LogP contribution in [0.25, 0.3) is 0 Å². The summed E-state index contributed by atoms with van der Waals surface area (Å²) in [6, 6.07) is 16.9. The summed E-state index contributed by atoms with van der Waals surface area (Å²) in [5.41, 5.74) is -0.354. The number of esters is 2. The van der Waals surface area contributed by atoms with Crippen molar-refractivity contribution in [3.05, 3.63) is 71.8 Å². The Morgan fingerprint density at radius 1 is 0.471 bits per heavy atom. The Labute approximate surface area is 616 Å². The number of aliphatic hydroxyl groups excluding tert-OH is 2. The normalized spacial score (nSPS) is 23.3. The van der Waals surface area contributed by atoms with Crippen LogP contribution in [0.5, 0.6) is 0 Å². The van der Waals surface area contributed by atoms with E-state index in [1.807, 2.05) is 154 Å². The number of likely N-dealkylation sites (N-methyl/N-ethyl adjacent to an activating group) is 1. The third-order valence-electron chi connectivity index (χ3n) is 18.1. The first kappa shape index (κ1) is 90.9. The molecule has 5 heterocycles. The van der Waals surface area contributed by atoms with Crippen LogP contribution in [0.1, 0.15) is 158 Å². The van der Waals surface area contributed by atoms with Crippen LogP contribution in [0, 0.1) is 0 Å². The van der Waals surface area contributed by atoms with Crippen LogP contribution in [0.15, 0.2) is 60.7 Å². The molecule has 6 amide bonds. The number of halogens is 2. The monoisotopic (exact) mass is 1480 g/mol. The summed E-state index contributed by atoms with van der Waals surface area (Å²) in [6.45, 7) is 25.5. The summed E-state index contributed by atoms with van der Waals surface area (Å²) < 4.78 is 68.1. The van der Waals surface area contributed by atoms with E-state index in [-0.39, 0.29) is 107 Å². The molecule has 592 valence electrons. The Hall–Kier alpha value is -7.34. The van der Waals surface area contributed by atoms with E-state index in [0.717, 1.165) is 56.4 Å². The molecule has 0 aliphatic carbocycles. The minimum atomic E-state index is -0.882. The Morgan fingerprint density at radius 2 is 0.798 bits per heavy atom. The molecule has 104 heavy (non-hydrogen) atoms. The molecule has 0 radical (unpaired) electrons. The van der Waals surface area contributed by atoms with Crippen LogP contribution in [-0.2, 0) is 60.7 Å². The van der Waals surface area contributed by atoms with E-state index >= 15 is 0 Å². The number of methoxy groups -OCH3 is 2. The lowest BCUT2D eigenvalue weighted by Crippen LogP contribution is -2.55. The van der Waals surface area contributed by atoms with Crippen molar-refractivity contribution in [1.82, 2.24) is 44.1 Å². The molecule has 0 bridgehead atoms. The molecule has 10 atom stereocenters. The van der Waals surface area contributed by atoms with Gasteiger partial charge in [0.05, 0.1) is 26.9 Å². The maximum Gasteiger partial charge on any atom is 0.410 e. The molecule has 29 heteroatoms. The number of amides is 6. The fourth-order valence-corrected chi connectivity index (χ4v) is 12.0. The van der Waals surface area contributed by atoms with Gasteiger partial charge in [-0.15, -0.1) is 0 Å². The van der Waals surface area contributed by atoms with Crippen molar-refractivity contribution in [2.24, 2.45) is 0 Å². The smallest absolute Gasteiger partial charge is 0.410 e. The van der Waals surface area contributed by atoms with Gasteiger partial charge in [-0.2, -0.15) is 0 Å². The van der Waals surface area contributed by atoms with Crippen molar-refractivity contribution in [1.29, 1.82) is 0 Å². The zero-order chi connectivity index (χ0) is 78.6. The summed E-state index contributed by atoms with van der Waals surface area (Å²) in [7, 11) is 15.2. The number of aliphatic hydroxyl groups is 2. The molecule has 5 fully saturated rings. The number of rotatable bonds is 12. The summed E-state index contributed by atoms with van der Waals surface area (Å²) >= 11 is 0. The first-order chi connectivity index (χ1) is 48.4. The lowest BCUT2D eigenvalue weighted by atomic mass is 9.96. The van der Waals surface area contributed by atoms with Crippen LogP contribution in [0.2, 0.25) is 0 Å². The topological polar surface area (TPSA) is 280 Å². The fraction of sp³-hybridized carbons (Fsp3) is 0.733. The largest absolute Gasteiger partial charge is 0.467 e. The number of benzene rings is 2. The average Bonchev–Trinajstić information content (AvgIpc) is 0.951. The number of carbonyl (C=O) groups is 8. The van der Waals surface area contributed by atoms with Gasteiger partial charge in [0, 0.05) is 110 Å². The van der Waals surface area contributed by atoms with Crippen LogP contribution in [-0.4, -0.2) is 302 Å². The highest BCUT2D eigenvalue weighted by Gasteiger charge is 2.42. The van der Waals surface area contributed by atoms with Gasteiger partial charge in [0.25, 0.3) is 0 Å². The molecule has 0 saturated carbocycles. The second kappa shape index (κ2) is 42.7. The number of ether oxygens (including phenoxy) is 8. The molecule has 5 saturated heterocycles. The standard InChI is InChI=1S/C21H30N2O6.C15H19NO5.2C13H25FN2O2.C13H26N2O3/c1-21(2,3)29-19(25)22(4)16-11-12-23(17(13-16)18(24)27-5)20(26)28-14-15-9-7-6-8-10-15;1-20-14(18)13-9-12(17)7-8-16(13)15(19)21-10-11-5-3-2-4-6-11;1-13(2,3)18-12(17)16(5)11-6-7-15(4)9-10(14)8-11;1-13(2,3)18-12(17)16(5)10-6-7-15(4)11(8-10)9-14;1-13(2,3)18-12(17)15(5)10-6-7-14(4)11(8-10)9-16/h6-10,16-17H,11-14H2,1-5H3;2-6,12-13,17H,7-10H2,1H3;2*10-11H,6-9H2,1-5H3;10-11,16H,6-9H2,1-5H3. The van der Waals surface area contributed by atoms with Crippen molar-refractivity contribution >= 4 is 48.5 Å². The van der Waals surface area contributed by atoms with E-state index in [4.69, 9.17) is 33.2 Å². The number of carbonyl (C=O) groups excluding carboxylic acids is 8. The molecule has 2 N–H and O–H groups in total. The number of hydrogen-bond donors (Lipinski definition) is 2. The molecule has 5 aliphatic heterocycles. The number of alkyl halides is 2. The molecule has 27 nitrogen and oxygen atoms in total. The summed E-state index contributed by atoms with van der Waals surface area (Å²) in [5.74, 6) is -1.07. The first-order valence-corrected chi connectivity index (χ1v) is 35.9. The van der Waals surface area contributed by atoms with Gasteiger partial charge < -0.3 is 82.4 Å². The first-order valence-electron chi connectivity index (χ1n) is 35.9. The molecular formula is C75H125F2N9O18. The van der Waals surface area contributed by atoms with Crippen LogP contribution >= 0.6 is 0 Å². The number of hydrogen-bond acceptors (Lipinski definition) is 21. The summed E-state index contributed by atoms with van der Waals surface area (Å²) in [6.07, 6.45) is 1.69. The highest BCUT2D eigenvalue weighted by atomic mass is 19.1. The van der Waals surface area contributed by atoms with Crippen molar-refractivity contribution < 1.29 is 95.2 Å². The van der Waals surface area contributed by atoms with E-state index in [1.54, 1.807) is 58.8 Å². The zero-order valence-corrected chi connectivity index (χ0v) is 65.9. The van der Waals surface area contributed by atoms with Gasteiger partial charge in [0.1, 0.15) is 60.5 Å². The molecule has 2 aromatic carbocycles.